The molecule has 3 nitrogen and oxygen atoms in total. The molecule has 24 heavy (non-hydrogen) atoms. The zero-order chi connectivity index (χ0) is 17.6. The molecule has 1 aromatic rings. The molecule has 0 atom stereocenters. The summed E-state index contributed by atoms with van der Waals surface area (Å²) in [5.41, 5.74) is 2.90. The number of unbranched alkanes of at least 4 members (excludes halogenated alkanes) is 6. The van der Waals surface area contributed by atoms with E-state index in [0.29, 0.717) is 13.0 Å². The molecule has 0 aliphatic carbocycles. The Hall–Kier alpha value is -1.61. The van der Waals surface area contributed by atoms with Crippen LogP contribution in [0.3, 0.4) is 0 Å². The van der Waals surface area contributed by atoms with Gasteiger partial charge in [-0.2, -0.15) is 0 Å². The zero-order valence-corrected chi connectivity index (χ0v) is 15.2. The molecular weight excluding hydrogens is 298 g/mol. The highest BCUT2D eigenvalue weighted by molar-refractivity contribution is 5.85. The Kier molecular flexibility index (Phi) is 10.9. The molecule has 1 rings (SSSR count). The quantitative estimate of drug-likeness (QED) is 0.368. The Balaban J connectivity index is 2.12. The molecular formula is C21H33NO2. The molecule has 0 unspecified atom stereocenters. The number of carboxylic acids is 1. The molecule has 0 spiro atoms. The van der Waals surface area contributed by atoms with Gasteiger partial charge in [0.2, 0.25) is 0 Å². The van der Waals surface area contributed by atoms with Gasteiger partial charge >= 0.3 is 5.97 Å². The lowest BCUT2D eigenvalue weighted by atomic mass is 10.0. The van der Waals surface area contributed by atoms with Crippen LogP contribution in [0.4, 0.5) is 0 Å². The Morgan fingerprint density at radius 2 is 1.58 bits per heavy atom. The Bertz CT molecular complexity index is 479. The summed E-state index contributed by atoms with van der Waals surface area (Å²) < 4.78 is 0. The van der Waals surface area contributed by atoms with Crippen molar-refractivity contribution in [1.29, 1.82) is 0 Å². The summed E-state index contributed by atoms with van der Waals surface area (Å²) in [7, 11) is 0. The first-order chi connectivity index (χ1) is 11.6. The fourth-order valence-electron chi connectivity index (χ4n) is 2.69. The molecule has 1 aromatic carbocycles. The number of aryl methyl sites for hydroxylation is 1. The fourth-order valence-corrected chi connectivity index (χ4v) is 2.69. The Labute approximate surface area is 147 Å². The van der Waals surface area contributed by atoms with Crippen LogP contribution in [0.1, 0.15) is 69.4 Å². The molecule has 0 heterocycles. The zero-order valence-electron chi connectivity index (χ0n) is 15.2. The fraction of sp³-hybridized carbons (Fsp3) is 0.571. The smallest absolute Gasteiger partial charge is 0.330 e. The average molecular weight is 331 g/mol. The van der Waals surface area contributed by atoms with Crippen LogP contribution in [0.5, 0.6) is 0 Å². The molecule has 0 radical (unpaired) electrons. The number of rotatable bonds is 14. The van der Waals surface area contributed by atoms with Gasteiger partial charge in [0.25, 0.3) is 0 Å². The lowest BCUT2D eigenvalue weighted by Gasteiger charge is -2.07. The maximum Gasteiger partial charge on any atom is 0.330 e. The van der Waals surface area contributed by atoms with E-state index in [0.717, 1.165) is 6.54 Å². The van der Waals surface area contributed by atoms with Gasteiger partial charge in [0.1, 0.15) is 0 Å². The van der Waals surface area contributed by atoms with Gasteiger partial charge in [0.15, 0.2) is 0 Å². The Morgan fingerprint density at radius 3 is 2.21 bits per heavy atom. The first kappa shape index (κ1) is 20.4. The summed E-state index contributed by atoms with van der Waals surface area (Å²) in [5, 5.41) is 12.0. The second-order valence-electron chi connectivity index (χ2n) is 6.52. The van der Waals surface area contributed by atoms with Crippen LogP contribution < -0.4 is 5.32 Å². The van der Waals surface area contributed by atoms with Crippen LogP contribution in [-0.2, 0) is 17.8 Å². The average Bonchev–Trinajstić information content (AvgIpc) is 2.58. The number of carboxylic acid groups (broad SMARTS) is 1. The van der Waals surface area contributed by atoms with E-state index < -0.39 is 5.97 Å². The highest BCUT2D eigenvalue weighted by Gasteiger charge is 2.02. The first-order valence-corrected chi connectivity index (χ1v) is 9.33. The largest absolute Gasteiger partial charge is 0.478 e. The Morgan fingerprint density at radius 1 is 1.00 bits per heavy atom. The van der Waals surface area contributed by atoms with Crippen molar-refractivity contribution in [2.75, 3.05) is 6.54 Å². The third kappa shape index (κ3) is 9.51. The van der Waals surface area contributed by atoms with E-state index in [-0.39, 0.29) is 5.57 Å². The molecule has 3 heteroatoms. The summed E-state index contributed by atoms with van der Waals surface area (Å²) in [4.78, 5) is 10.6. The first-order valence-electron chi connectivity index (χ1n) is 9.33. The van der Waals surface area contributed by atoms with Gasteiger partial charge < -0.3 is 10.4 Å². The van der Waals surface area contributed by atoms with E-state index in [1.54, 1.807) is 0 Å². The minimum absolute atomic E-state index is 0.257. The number of hydrogen-bond donors (Lipinski definition) is 2. The molecule has 0 bridgehead atoms. The van der Waals surface area contributed by atoms with Gasteiger partial charge in [-0.3, -0.25) is 0 Å². The van der Waals surface area contributed by atoms with E-state index in [1.165, 1.54) is 62.5 Å². The van der Waals surface area contributed by atoms with Crippen molar-refractivity contribution in [2.45, 2.75) is 71.3 Å². The topological polar surface area (TPSA) is 49.3 Å². The van der Waals surface area contributed by atoms with Crippen LogP contribution >= 0.6 is 0 Å². The van der Waals surface area contributed by atoms with Crippen molar-refractivity contribution in [3.05, 3.63) is 47.5 Å². The van der Waals surface area contributed by atoms with Crippen LogP contribution in [0.15, 0.2) is 36.4 Å². The molecule has 0 aromatic heterocycles. The SMILES string of the molecule is C=C(CCNCc1ccc(CCCCCCCCC)cc1)C(=O)O. The van der Waals surface area contributed by atoms with Gasteiger partial charge in [-0.05, 0) is 36.9 Å². The van der Waals surface area contributed by atoms with Gasteiger partial charge in [-0.25, -0.2) is 4.79 Å². The summed E-state index contributed by atoms with van der Waals surface area (Å²) in [6.07, 6.45) is 11.1. The van der Waals surface area contributed by atoms with Crippen LogP contribution in [0.25, 0.3) is 0 Å². The lowest BCUT2D eigenvalue weighted by molar-refractivity contribution is -0.132. The lowest BCUT2D eigenvalue weighted by Crippen LogP contribution is -2.16. The van der Waals surface area contributed by atoms with Crippen LogP contribution in [0, 0.1) is 0 Å². The van der Waals surface area contributed by atoms with E-state index in [9.17, 15) is 4.79 Å². The number of benzene rings is 1. The van der Waals surface area contributed by atoms with Gasteiger partial charge in [0.05, 0.1) is 0 Å². The van der Waals surface area contributed by atoms with E-state index in [4.69, 9.17) is 5.11 Å². The molecule has 0 saturated heterocycles. The third-order valence-corrected chi connectivity index (χ3v) is 4.33. The highest BCUT2D eigenvalue weighted by Crippen LogP contribution is 2.11. The molecule has 0 aliphatic heterocycles. The molecule has 0 saturated carbocycles. The normalized spacial score (nSPS) is 10.7. The monoisotopic (exact) mass is 331 g/mol. The van der Waals surface area contributed by atoms with E-state index >= 15 is 0 Å². The summed E-state index contributed by atoms with van der Waals surface area (Å²) in [5.74, 6) is -0.911. The molecule has 2 N–H and O–H groups in total. The van der Waals surface area contributed by atoms with Gasteiger partial charge in [0, 0.05) is 12.1 Å². The minimum Gasteiger partial charge on any atom is -0.478 e. The molecule has 0 amide bonds. The standard InChI is InChI=1S/C21H33NO2/c1-3-4-5-6-7-8-9-10-19-11-13-20(14-12-19)17-22-16-15-18(2)21(23)24/h11-14,22H,2-10,15-17H2,1H3,(H,23,24). The summed E-state index contributed by atoms with van der Waals surface area (Å²) >= 11 is 0. The minimum atomic E-state index is -0.911. The molecule has 0 fully saturated rings. The number of aliphatic carboxylic acids is 1. The van der Waals surface area contributed by atoms with Crippen molar-refractivity contribution in [3.8, 4) is 0 Å². The maximum atomic E-state index is 10.6. The van der Waals surface area contributed by atoms with Gasteiger partial charge in [-0.1, -0.05) is 76.3 Å². The van der Waals surface area contributed by atoms with Crippen molar-refractivity contribution >= 4 is 5.97 Å². The highest BCUT2D eigenvalue weighted by atomic mass is 16.4. The predicted molar refractivity (Wildman–Crippen MR) is 101 cm³/mol. The predicted octanol–water partition coefficient (Wildman–Crippen LogP) is 5.10. The number of carbonyl (C=O) groups is 1. The van der Waals surface area contributed by atoms with E-state index in [1.807, 2.05) is 0 Å². The maximum absolute atomic E-state index is 10.6. The molecule has 0 aliphatic rings. The van der Waals surface area contributed by atoms with Crippen LogP contribution in [0.2, 0.25) is 0 Å². The summed E-state index contributed by atoms with van der Waals surface area (Å²) in [6.45, 7) is 7.20. The second kappa shape index (κ2) is 12.8. The van der Waals surface area contributed by atoms with Crippen molar-refractivity contribution in [3.63, 3.8) is 0 Å². The van der Waals surface area contributed by atoms with Crippen molar-refractivity contribution in [1.82, 2.24) is 5.32 Å². The third-order valence-electron chi connectivity index (χ3n) is 4.33. The van der Waals surface area contributed by atoms with Gasteiger partial charge in [-0.15, -0.1) is 0 Å². The van der Waals surface area contributed by atoms with Crippen molar-refractivity contribution in [2.24, 2.45) is 0 Å². The number of nitrogens with one attached hydrogen (secondary N) is 1. The van der Waals surface area contributed by atoms with E-state index in [2.05, 4.69) is 43.1 Å². The second-order valence-corrected chi connectivity index (χ2v) is 6.52. The number of hydrogen-bond acceptors (Lipinski definition) is 2. The van der Waals surface area contributed by atoms with Crippen LogP contribution in [-0.4, -0.2) is 17.6 Å². The molecule has 134 valence electrons. The van der Waals surface area contributed by atoms with Crippen molar-refractivity contribution < 1.29 is 9.90 Å². The summed E-state index contributed by atoms with van der Waals surface area (Å²) in [6, 6.07) is 8.75.